The number of nitrogens with two attached hydrogens (primary N) is 1. The van der Waals surface area contributed by atoms with Gasteiger partial charge in [0, 0.05) is 17.2 Å². The maximum Gasteiger partial charge on any atom is 0.305 e. The second kappa shape index (κ2) is 7.24. The third-order valence-corrected chi connectivity index (χ3v) is 3.50. The molecule has 2 rings (SSSR count). The highest BCUT2D eigenvalue weighted by Crippen LogP contribution is 2.28. The van der Waals surface area contributed by atoms with Gasteiger partial charge in [-0.1, -0.05) is 35.9 Å². The molecule has 6 heteroatoms. The number of halogens is 2. The molecule has 1 unspecified atom stereocenters. The van der Waals surface area contributed by atoms with Gasteiger partial charge >= 0.3 is 5.97 Å². The van der Waals surface area contributed by atoms with Crippen molar-refractivity contribution in [3.05, 3.63) is 64.4 Å². The van der Waals surface area contributed by atoms with Crippen molar-refractivity contribution in [1.82, 2.24) is 0 Å². The van der Waals surface area contributed by atoms with E-state index in [1.807, 2.05) is 0 Å². The summed E-state index contributed by atoms with van der Waals surface area (Å²) >= 11 is 5.94. The summed E-state index contributed by atoms with van der Waals surface area (Å²) in [5.74, 6) is -1.05. The highest BCUT2D eigenvalue weighted by molar-refractivity contribution is 6.31. The summed E-state index contributed by atoms with van der Waals surface area (Å²) in [7, 11) is 0. The third kappa shape index (κ3) is 3.96. The second-order valence-electron chi connectivity index (χ2n) is 4.73. The number of hydrogen-bond acceptors (Lipinski definition) is 3. The van der Waals surface area contributed by atoms with Gasteiger partial charge in [-0.15, -0.1) is 0 Å². The number of aliphatic carboxylic acids is 1. The predicted molar refractivity (Wildman–Crippen MR) is 81.4 cm³/mol. The molecule has 0 saturated heterocycles. The molecule has 0 amide bonds. The lowest BCUT2D eigenvalue weighted by Gasteiger charge is -2.16. The molecule has 2 aromatic carbocycles. The Morgan fingerprint density at radius 1 is 1.27 bits per heavy atom. The standard InChI is InChI=1S/C16H15ClFNO3/c17-12-5-3-6-13(18)11(12)9-22-15-7-2-1-4-10(15)14(19)8-16(20)21/h1-7,14H,8-9,19H2,(H,20,21). The van der Waals surface area contributed by atoms with Gasteiger partial charge in [0.25, 0.3) is 0 Å². The molecule has 0 saturated carbocycles. The molecule has 0 aliphatic rings. The lowest BCUT2D eigenvalue weighted by molar-refractivity contribution is -0.137. The molecule has 0 aromatic heterocycles. The topological polar surface area (TPSA) is 72.6 Å². The number of para-hydroxylation sites is 1. The second-order valence-corrected chi connectivity index (χ2v) is 5.14. The molecule has 3 N–H and O–H groups in total. The van der Waals surface area contributed by atoms with Gasteiger partial charge in [-0.2, -0.15) is 0 Å². The molecule has 2 aromatic rings. The van der Waals surface area contributed by atoms with Crippen molar-refractivity contribution in [2.24, 2.45) is 5.73 Å². The van der Waals surface area contributed by atoms with Crippen molar-refractivity contribution in [3.8, 4) is 5.75 Å². The van der Waals surface area contributed by atoms with Crippen LogP contribution in [0.2, 0.25) is 5.02 Å². The Hall–Kier alpha value is -2.11. The predicted octanol–water partition coefficient (Wildman–Crippen LogP) is 3.53. The van der Waals surface area contributed by atoms with E-state index >= 15 is 0 Å². The van der Waals surface area contributed by atoms with E-state index in [9.17, 15) is 9.18 Å². The lowest BCUT2D eigenvalue weighted by Crippen LogP contribution is -2.16. The smallest absolute Gasteiger partial charge is 0.305 e. The molecule has 0 spiro atoms. The number of carboxylic acid groups (broad SMARTS) is 1. The van der Waals surface area contributed by atoms with Gasteiger partial charge in [0.15, 0.2) is 0 Å². The van der Waals surface area contributed by atoms with Gasteiger partial charge < -0.3 is 15.6 Å². The van der Waals surface area contributed by atoms with Crippen LogP contribution in [0.5, 0.6) is 5.75 Å². The van der Waals surface area contributed by atoms with Crippen molar-refractivity contribution in [3.63, 3.8) is 0 Å². The Bertz CT molecular complexity index is 658. The van der Waals surface area contributed by atoms with E-state index in [1.165, 1.54) is 12.1 Å². The summed E-state index contributed by atoms with van der Waals surface area (Å²) in [6, 6.07) is 10.5. The van der Waals surface area contributed by atoms with Crippen LogP contribution in [-0.2, 0) is 11.4 Å². The van der Waals surface area contributed by atoms with Gasteiger partial charge in [-0.25, -0.2) is 4.39 Å². The number of carbonyl (C=O) groups is 1. The fraction of sp³-hybridized carbons (Fsp3) is 0.188. The van der Waals surface area contributed by atoms with E-state index in [1.54, 1.807) is 30.3 Å². The Kier molecular flexibility index (Phi) is 5.35. The van der Waals surface area contributed by atoms with Crippen LogP contribution < -0.4 is 10.5 Å². The monoisotopic (exact) mass is 323 g/mol. The number of carboxylic acids is 1. The summed E-state index contributed by atoms with van der Waals surface area (Å²) in [6.45, 7) is -0.0672. The number of benzene rings is 2. The van der Waals surface area contributed by atoms with Crippen molar-refractivity contribution in [2.75, 3.05) is 0 Å². The van der Waals surface area contributed by atoms with Crippen molar-refractivity contribution < 1.29 is 19.0 Å². The van der Waals surface area contributed by atoms with Gasteiger partial charge in [0.1, 0.15) is 18.2 Å². The molecule has 0 bridgehead atoms. The van der Waals surface area contributed by atoms with Crippen molar-refractivity contribution >= 4 is 17.6 Å². The zero-order chi connectivity index (χ0) is 16.1. The molecule has 0 aliphatic heterocycles. The van der Waals surface area contributed by atoms with E-state index < -0.39 is 17.8 Å². The van der Waals surface area contributed by atoms with Gasteiger partial charge in [0.2, 0.25) is 0 Å². The summed E-state index contributed by atoms with van der Waals surface area (Å²) in [6.07, 6.45) is -0.221. The average Bonchev–Trinajstić information content (AvgIpc) is 2.46. The minimum Gasteiger partial charge on any atom is -0.488 e. The van der Waals surface area contributed by atoms with Crippen LogP contribution in [0, 0.1) is 5.82 Å². The van der Waals surface area contributed by atoms with Crippen LogP contribution in [0.15, 0.2) is 42.5 Å². The fourth-order valence-electron chi connectivity index (χ4n) is 2.04. The first-order valence-corrected chi connectivity index (χ1v) is 6.99. The van der Waals surface area contributed by atoms with Crippen LogP contribution in [-0.4, -0.2) is 11.1 Å². The number of ether oxygens (including phenoxy) is 1. The Balaban J connectivity index is 2.18. The summed E-state index contributed by atoms with van der Waals surface area (Å²) in [5.41, 5.74) is 6.66. The molecule has 22 heavy (non-hydrogen) atoms. The SMILES string of the molecule is NC(CC(=O)O)c1ccccc1OCc1c(F)cccc1Cl. The first-order valence-electron chi connectivity index (χ1n) is 6.61. The molecule has 0 heterocycles. The van der Waals surface area contributed by atoms with Crippen LogP contribution >= 0.6 is 11.6 Å². The highest BCUT2D eigenvalue weighted by atomic mass is 35.5. The molecule has 0 radical (unpaired) electrons. The Morgan fingerprint density at radius 2 is 2.00 bits per heavy atom. The molecule has 0 aliphatic carbocycles. The number of hydrogen-bond donors (Lipinski definition) is 2. The molecular formula is C16H15ClFNO3. The van der Waals surface area contributed by atoms with E-state index in [-0.39, 0.29) is 23.6 Å². The highest BCUT2D eigenvalue weighted by Gasteiger charge is 2.16. The van der Waals surface area contributed by atoms with Gasteiger partial charge in [-0.05, 0) is 18.2 Å². The first-order chi connectivity index (χ1) is 10.5. The summed E-state index contributed by atoms with van der Waals surface area (Å²) in [4.78, 5) is 10.8. The third-order valence-electron chi connectivity index (χ3n) is 3.15. The van der Waals surface area contributed by atoms with Gasteiger partial charge in [0.05, 0.1) is 11.4 Å². The van der Waals surface area contributed by atoms with Crippen LogP contribution in [0.4, 0.5) is 4.39 Å². The van der Waals surface area contributed by atoms with Crippen LogP contribution in [0.3, 0.4) is 0 Å². The minimum atomic E-state index is -1.00. The number of rotatable bonds is 6. The Morgan fingerprint density at radius 3 is 2.68 bits per heavy atom. The average molecular weight is 324 g/mol. The summed E-state index contributed by atoms with van der Waals surface area (Å²) < 4.78 is 19.3. The molecular weight excluding hydrogens is 309 g/mol. The van der Waals surface area contributed by atoms with E-state index in [4.69, 9.17) is 27.2 Å². The van der Waals surface area contributed by atoms with Crippen molar-refractivity contribution in [1.29, 1.82) is 0 Å². The lowest BCUT2D eigenvalue weighted by atomic mass is 10.0. The fourth-order valence-corrected chi connectivity index (χ4v) is 2.25. The van der Waals surface area contributed by atoms with E-state index in [2.05, 4.69) is 0 Å². The zero-order valence-corrected chi connectivity index (χ0v) is 12.4. The maximum absolute atomic E-state index is 13.7. The Labute approximate surface area is 132 Å². The minimum absolute atomic E-state index is 0.0672. The summed E-state index contributed by atoms with van der Waals surface area (Å²) in [5, 5.41) is 9.10. The molecule has 0 fully saturated rings. The van der Waals surface area contributed by atoms with E-state index in [0.29, 0.717) is 11.3 Å². The van der Waals surface area contributed by atoms with Crippen molar-refractivity contribution in [2.45, 2.75) is 19.1 Å². The maximum atomic E-state index is 13.7. The molecule has 1 atom stereocenters. The zero-order valence-electron chi connectivity index (χ0n) is 11.6. The van der Waals surface area contributed by atoms with Crippen LogP contribution in [0.25, 0.3) is 0 Å². The first kappa shape index (κ1) is 16.3. The normalized spacial score (nSPS) is 12.0. The largest absolute Gasteiger partial charge is 0.488 e. The molecule has 4 nitrogen and oxygen atoms in total. The quantitative estimate of drug-likeness (QED) is 0.853. The van der Waals surface area contributed by atoms with Gasteiger partial charge in [-0.3, -0.25) is 4.79 Å². The molecule has 116 valence electrons. The van der Waals surface area contributed by atoms with E-state index in [0.717, 1.165) is 0 Å². The van der Waals surface area contributed by atoms with Crippen LogP contribution in [0.1, 0.15) is 23.6 Å².